The summed E-state index contributed by atoms with van der Waals surface area (Å²) in [5.41, 5.74) is 0. The third-order valence-corrected chi connectivity index (χ3v) is 13.0. The van der Waals surface area contributed by atoms with E-state index < -0.39 is 6.10 Å². The van der Waals surface area contributed by atoms with Crippen LogP contribution in [0.25, 0.3) is 0 Å². The van der Waals surface area contributed by atoms with Crippen LogP contribution in [0.1, 0.15) is 284 Å². The van der Waals surface area contributed by atoms with Crippen LogP contribution < -0.4 is 0 Å². The molecule has 0 rings (SSSR count). The fourth-order valence-electron chi connectivity index (χ4n) is 8.39. The summed E-state index contributed by atoms with van der Waals surface area (Å²) in [6.07, 6.45) is 83.8. The fourth-order valence-corrected chi connectivity index (χ4v) is 8.39. The highest BCUT2D eigenvalue weighted by Crippen LogP contribution is 2.15. The second kappa shape index (κ2) is 61.6. The minimum atomic E-state index is -0.798. The zero-order valence-corrected chi connectivity index (χ0v) is 48.3. The summed E-state index contributed by atoms with van der Waals surface area (Å²) in [6, 6.07) is 0. The van der Waals surface area contributed by atoms with E-state index in [0.29, 0.717) is 19.3 Å². The lowest BCUT2D eigenvalue weighted by atomic mass is 10.1. The molecular formula is C68H114O6. The lowest BCUT2D eigenvalue weighted by Crippen LogP contribution is -2.30. The second-order valence-corrected chi connectivity index (χ2v) is 20.2. The van der Waals surface area contributed by atoms with Gasteiger partial charge in [0.25, 0.3) is 0 Å². The van der Waals surface area contributed by atoms with Gasteiger partial charge in [0.05, 0.1) is 0 Å². The number of allylic oxidation sites excluding steroid dienone is 18. The average Bonchev–Trinajstić information content (AvgIpc) is 3.40. The van der Waals surface area contributed by atoms with Crippen molar-refractivity contribution in [1.82, 2.24) is 0 Å². The molecule has 0 spiro atoms. The summed E-state index contributed by atoms with van der Waals surface area (Å²) in [6.45, 7) is 6.49. The number of esters is 3. The molecule has 74 heavy (non-hydrogen) atoms. The third kappa shape index (κ3) is 59.0. The topological polar surface area (TPSA) is 78.9 Å². The van der Waals surface area contributed by atoms with Gasteiger partial charge in [0.2, 0.25) is 0 Å². The van der Waals surface area contributed by atoms with Gasteiger partial charge in [-0.05, 0) is 109 Å². The van der Waals surface area contributed by atoms with Crippen molar-refractivity contribution in [3.8, 4) is 0 Å². The molecule has 0 fully saturated rings. The lowest BCUT2D eigenvalue weighted by Gasteiger charge is -2.18. The SMILES string of the molecule is CC/C=C\C/C=C\C/C=C\C/C=C\C/C=C\C/C=C\C/C=C\C/C=C\CCCCC(=O)OCC(COC(=O)CCCCCCCCCCCCC)OC(=O)CCCCCCCCC/C=C\CCCCCCCCC. The van der Waals surface area contributed by atoms with Crippen LogP contribution in [0, 0.1) is 0 Å². The summed E-state index contributed by atoms with van der Waals surface area (Å²) in [7, 11) is 0. The first-order valence-corrected chi connectivity index (χ1v) is 30.9. The van der Waals surface area contributed by atoms with Gasteiger partial charge < -0.3 is 14.2 Å². The van der Waals surface area contributed by atoms with E-state index in [1.807, 2.05) is 0 Å². The predicted octanol–water partition coefficient (Wildman–Crippen LogP) is 21.0. The number of rotatable bonds is 55. The van der Waals surface area contributed by atoms with Crippen molar-refractivity contribution in [2.24, 2.45) is 0 Å². The van der Waals surface area contributed by atoms with Crippen molar-refractivity contribution >= 4 is 17.9 Å². The van der Waals surface area contributed by atoms with Crippen molar-refractivity contribution in [2.75, 3.05) is 13.2 Å². The van der Waals surface area contributed by atoms with Gasteiger partial charge in [-0.3, -0.25) is 14.4 Å². The summed E-state index contributed by atoms with van der Waals surface area (Å²) in [5, 5.41) is 0. The summed E-state index contributed by atoms with van der Waals surface area (Å²) in [4.78, 5) is 38.2. The molecule has 6 heteroatoms. The van der Waals surface area contributed by atoms with E-state index in [9.17, 15) is 14.4 Å². The number of carbonyl (C=O) groups excluding carboxylic acids is 3. The number of hydrogen-bond donors (Lipinski definition) is 0. The Bertz CT molecular complexity index is 1510. The van der Waals surface area contributed by atoms with Crippen molar-refractivity contribution in [3.05, 3.63) is 109 Å². The molecule has 0 aromatic heterocycles. The Balaban J connectivity index is 4.40. The Labute approximate surface area is 457 Å². The van der Waals surface area contributed by atoms with E-state index in [-0.39, 0.29) is 31.1 Å². The maximum absolute atomic E-state index is 12.9. The molecule has 0 heterocycles. The quantitative estimate of drug-likeness (QED) is 0.0261. The molecular weight excluding hydrogens is 913 g/mol. The first-order valence-electron chi connectivity index (χ1n) is 30.9. The Kier molecular flexibility index (Phi) is 58.3. The number of hydrogen-bond acceptors (Lipinski definition) is 6. The van der Waals surface area contributed by atoms with Gasteiger partial charge in [-0.25, -0.2) is 0 Å². The van der Waals surface area contributed by atoms with Crippen LogP contribution in [-0.2, 0) is 28.6 Å². The number of ether oxygens (including phenoxy) is 3. The molecule has 0 saturated heterocycles. The standard InChI is InChI=1S/C68H114O6/c1-4-7-10-13-16-19-22-24-26-28-30-31-32-33-34-35-36-37-38-40-41-43-46-49-52-55-58-61-67(70)73-64-65(63-72-66(69)60-57-54-51-48-45-21-18-15-12-9-6-3)74-68(71)62-59-56-53-50-47-44-42-39-29-27-25-23-20-17-14-11-8-5-2/h7,10,16,19,24,26-27,29-31,33-34,36-37,40-41,46,49,65H,4-6,8-9,11-15,17-18,20-23,25,28,32,35,38-39,42-45,47-48,50-64H2,1-3H3/b10-7-,19-16-,26-24-,29-27-,31-30-,34-33-,37-36-,41-40-,49-46-. The van der Waals surface area contributed by atoms with Crippen LogP contribution in [0.5, 0.6) is 0 Å². The van der Waals surface area contributed by atoms with Crippen LogP contribution in [0.4, 0.5) is 0 Å². The maximum Gasteiger partial charge on any atom is 0.306 e. The van der Waals surface area contributed by atoms with Crippen LogP contribution in [0.15, 0.2) is 109 Å². The molecule has 1 atom stereocenters. The highest BCUT2D eigenvalue weighted by molar-refractivity contribution is 5.71. The summed E-state index contributed by atoms with van der Waals surface area (Å²) >= 11 is 0. The molecule has 0 saturated carbocycles. The minimum Gasteiger partial charge on any atom is -0.462 e. The minimum absolute atomic E-state index is 0.0924. The average molecular weight is 1030 g/mol. The molecule has 6 nitrogen and oxygen atoms in total. The third-order valence-electron chi connectivity index (χ3n) is 13.0. The molecule has 0 radical (unpaired) electrons. The normalized spacial score (nSPS) is 12.9. The van der Waals surface area contributed by atoms with E-state index in [2.05, 4.69) is 130 Å². The molecule has 1 unspecified atom stereocenters. The fraction of sp³-hybridized carbons (Fsp3) is 0.691. The van der Waals surface area contributed by atoms with E-state index in [0.717, 1.165) is 109 Å². The Morgan fingerprint density at radius 2 is 0.527 bits per heavy atom. The number of unbranched alkanes of at least 4 members (excludes halogenated alkanes) is 26. The van der Waals surface area contributed by atoms with E-state index in [1.54, 1.807) is 0 Å². The van der Waals surface area contributed by atoms with E-state index in [4.69, 9.17) is 14.2 Å². The van der Waals surface area contributed by atoms with Crippen molar-refractivity contribution < 1.29 is 28.6 Å². The van der Waals surface area contributed by atoms with Crippen LogP contribution in [-0.4, -0.2) is 37.2 Å². The van der Waals surface area contributed by atoms with Gasteiger partial charge >= 0.3 is 17.9 Å². The largest absolute Gasteiger partial charge is 0.462 e. The van der Waals surface area contributed by atoms with Gasteiger partial charge in [-0.15, -0.1) is 0 Å². The van der Waals surface area contributed by atoms with Crippen molar-refractivity contribution in [2.45, 2.75) is 290 Å². The van der Waals surface area contributed by atoms with E-state index >= 15 is 0 Å². The first kappa shape index (κ1) is 70.1. The maximum atomic E-state index is 12.9. The molecule has 0 aliphatic heterocycles. The second-order valence-electron chi connectivity index (χ2n) is 20.2. The lowest BCUT2D eigenvalue weighted by molar-refractivity contribution is -0.167. The van der Waals surface area contributed by atoms with Crippen LogP contribution >= 0.6 is 0 Å². The Hall–Kier alpha value is -3.93. The highest BCUT2D eigenvalue weighted by atomic mass is 16.6. The van der Waals surface area contributed by atoms with Gasteiger partial charge in [0.15, 0.2) is 6.10 Å². The zero-order chi connectivity index (χ0) is 53.6. The smallest absolute Gasteiger partial charge is 0.306 e. The monoisotopic (exact) mass is 1030 g/mol. The van der Waals surface area contributed by atoms with Gasteiger partial charge in [0, 0.05) is 19.3 Å². The Morgan fingerprint density at radius 1 is 0.284 bits per heavy atom. The molecule has 422 valence electrons. The molecule has 0 amide bonds. The Morgan fingerprint density at radius 3 is 0.865 bits per heavy atom. The molecule has 0 aliphatic rings. The van der Waals surface area contributed by atoms with Crippen molar-refractivity contribution in [1.29, 1.82) is 0 Å². The van der Waals surface area contributed by atoms with Crippen molar-refractivity contribution in [3.63, 3.8) is 0 Å². The zero-order valence-electron chi connectivity index (χ0n) is 48.3. The predicted molar refractivity (Wildman–Crippen MR) is 320 cm³/mol. The molecule has 0 N–H and O–H groups in total. The highest BCUT2D eigenvalue weighted by Gasteiger charge is 2.19. The van der Waals surface area contributed by atoms with Crippen LogP contribution in [0.2, 0.25) is 0 Å². The van der Waals surface area contributed by atoms with Gasteiger partial charge in [0.1, 0.15) is 13.2 Å². The molecule has 0 aliphatic carbocycles. The van der Waals surface area contributed by atoms with Crippen LogP contribution in [0.3, 0.4) is 0 Å². The number of carbonyl (C=O) groups is 3. The molecule has 0 aromatic rings. The van der Waals surface area contributed by atoms with Gasteiger partial charge in [-0.2, -0.15) is 0 Å². The van der Waals surface area contributed by atoms with Gasteiger partial charge in [-0.1, -0.05) is 265 Å². The molecule has 0 bridgehead atoms. The molecule has 0 aromatic carbocycles. The first-order chi connectivity index (χ1) is 36.5. The summed E-state index contributed by atoms with van der Waals surface area (Å²) < 4.78 is 16.8. The summed E-state index contributed by atoms with van der Waals surface area (Å²) in [5.74, 6) is -0.938. The van der Waals surface area contributed by atoms with E-state index in [1.165, 1.54) is 135 Å².